The second kappa shape index (κ2) is 6.55. The molecule has 0 fully saturated rings. The largest absolute Gasteiger partial charge is 0.310 e. The van der Waals surface area contributed by atoms with Gasteiger partial charge in [0, 0.05) is 12.3 Å². The summed E-state index contributed by atoms with van der Waals surface area (Å²) in [6.07, 6.45) is 0.163. The van der Waals surface area contributed by atoms with Crippen molar-refractivity contribution in [1.29, 1.82) is 0 Å². The van der Waals surface area contributed by atoms with Gasteiger partial charge in [0.25, 0.3) is 5.56 Å². The Morgan fingerprint density at radius 3 is 2.78 bits per heavy atom. The topological polar surface area (TPSA) is 74.8 Å². The number of H-pyrrole nitrogens is 1. The Hall–Kier alpha value is -1.50. The van der Waals surface area contributed by atoms with Gasteiger partial charge in [0.05, 0.1) is 15.6 Å². The van der Waals surface area contributed by atoms with Gasteiger partial charge in [-0.05, 0) is 23.4 Å². The number of nitrogens with zero attached hydrogens (tertiary/aromatic N) is 1. The van der Waals surface area contributed by atoms with Crippen LogP contribution in [0.2, 0.25) is 10.0 Å². The minimum atomic E-state index is -0.398. The summed E-state index contributed by atoms with van der Waals surface area (Å²) >= 11 is 13.4. The van der Waals surface area contributed by atoms with E-state index < -0.39 is 5.92 Å². The van der Waals surface area contributed by atoms with E-state index in [-0.39, 0.29) is 17.9 Å². The molecule has 0 spiro atoms. The van der Waals surface area contributed by atoms with Crippen molar-refractivity contribution in [2.24, 2.45) is 0 Å². The molecule has 1 atom stereocenters. The third-order valence-electron chi connectivity index (χ3n) is 3.56. The van der Waals surface area contributed by atoms with Crippen molar-refractivity contribution in [1.82, 2.24) is 9.97 Å². The summed E-state index contributed by atoms with van der Waals surface area (Å²) in [6, 6.07) is 5.12. The highest BCUT2D eigenvalue weighted by Crippen LogP contribution is 2.36. The van der Waals surface area contributed by atoms with Crippen molar-refractivity contribution >= 4 is 46.7 Å². The Bertz CT molecular complexity index is 838. The van der Waals surface area contributed by atoms with Crippen LogP contribution in [0, 0.1) is 0 Å². The molecular weight excluding hydrogens is 357 g/mol. The monoisotopic (exact) mass is 369 g/mol. The third kappa shape index (κ3) is 3.24. The van der Waals surface area contributed by atoms with E-state index in [1.54, 1.807) is 18.2 Å². The maximum absolute atomic E-state index is 12.5. The Morgan fingerprint density at radius 1 is 1.30 bits per heavy atom. The average molecular weight is 370 g/mol. The molecule has 0 saturated heterocycles. The first-order chi connectivity index (χ1) is 11.0. The van der Waals surface area contributed by atoms with Gasteiger partial charge in [-0.2, -0.15) is 0 Å². The van der Waals surface area contributed by atoms with E-state index >= 15 is 0 Å². The van der Waals surface area contributed by atoms with Crippen LogP contribution in [0.25, 0.3) is 0 Å². The van der Waals surface area contributed by atoms with Gasteiger partial charge in [0.15, 0.2) is 5.16 Å². The van der Waals surface area contributed by atoms with E-state index in [1.807, 2.05) is 6.92 Å². The second-order valence-corrected chi connectivity index (χ2v) is 7.11. The molecule has 23 heavy (non-hydrogen) atoms. The molecule has 0 radical (unpaired) electrons. The van der Waals surface area contributed by atoms with Gasteiger partial charge in [-0.3, -0.25) is 9.59 Å². The van der Waals surface area contributed by atoms with Crippen LogP contribution in [-0.4, -0.2) is 21.6 Å². The molecule has 0 bridgehead atoms. The molecule has 1 unspecified atom stereocenters. The molecule has 5 nitrogen and oxygen atoms in total. The zero-order valence-electron chi connectivity index (χ0n) is 12.2. The number of carbonyl (C=O) groups is 1. The van der Waals surface area contributed by atoms with Crippen LogP contribution in [0.1, 0.15) is 30.4 Å². The predicted octanol–water partition coefficient (Wildman–Crippen LogP) is 3.66. The first kappa shape index (κ1) is 16.4. The second-order valence-electron chi connectivity index (χ2n) is 5.04. The van der Waals surface area contributed by atoms with E-state index in [0.717, 1.165) is 11.3 Å². The van der Waals surface area contributed by atoms with Gasteiger partial charge in [-0.15, -0.1) is 0 Å². The van der Waals surface area contributed by atoms with Gasteiger partial charge >= 0.3 is 0 Å². The molecule has 1 aromatic heterocycles. The van der Waals surface area contributed by atoms with E-state index in [0.29, 0.717) is 26.6 Å². The van der Waals surface area contributed by atoms with Crippen LogP contribution in [-0.2, 0) is 4.79 Å². The molecule has 1 aromatic carbocycles. The summed E-state index contributed by atoms with van der Waals surface area (Å²) in [5.74, 6) is 0.507. The Kier molecular flexibility index (Phi) is 4.66. The number of aromatic amines is 1. The SMILES string of the molecule is CCSc1nc2c(c(=O)[nH]1)C(c1ccc(Cl)c(Cl)c1)CC(=O)N2. The molecule has 120 valence electrons. The molecule has 1 aliphatic rings. The number of halogens is 2. The van der Waals surface area contributed by atoms with Crippen LogP contribution in [0.15, 0.2) is 28.2 Å². The maximum atomic E-state index is 12.5. The lowest BCUT2D eigenvalue weighted by Gasteiger charge is -2.24. The van der Waals surface area contributed by atoms with Crippen LogP contribution in [0.5, 0.6) is 0 Å². The fourth-order valence-electron chi connectivity index (χ4n) is 2.57. The quantitative estimate of drug-likeness (QED) is 0.639. The first-order valence-electron chi connectivity index (χ1n) is 7.01. The average Bonchev–Trinajstić information content (AvgIpc) is 2.49. The molecule has 0 saturated carbocycles. The minimum absolute atomic E-state index is 0.163. The number of thioether (sulfide) groups is 1. The lowest BCUT2D eigenvalue weighted by molar-refractivity contribution is -0.116. The van der Waals surface area contributed by atoms with Crippen molar-refractivity contribution < 1.29 is 4.79 Å². The summed E-state index contributed by atoms with van der Waals surface area (Å²) in [5, 5.41) is 3.99. The Morgan fingerprint density at radius 2 is 2.09 bits per heavy atom. The number of aromatic nitrogens is 2. The van der Waals surface area contributed by atoms with Crippen molar-refractivity contribution in [3.05, 3.63) is 49.7 Å². The van der Waals surface area contributed by atoms with E-state index in [1.165, 1.54) is 11.8 Å². The zero-order valence-corrected chi connectivity index (χ0v) is 14.5. The van der Waals surface area contributed by atoms with E-state index in [9.17, 15) is 9.59 Å². The molecule has 3 rings (SSSR count). The number of amides is 1. The highest BCUT2D eigenvalue weighted by atomic mass is 35.5. The molecule has 0 aliphatic carbocycles. The lowest BCUT2D eigenvalue weighted by Crippen LogP contribution is -2.31. The van der Waals surface area contributed by atoms with Crippen LogP contribution in [0.3, 0.4) is 0 Å². The number of rotatable bonds is 3. The first-order valence-corrected chi connectivity index (χ1v) is 8.75. The van der Waals surface area contributed by atoms with Crippen LogP contribution < -0.4 is 10.9 Å². The number of anilines is 1. The van der Waals surface area contributed by atoms with Gasteiger partial charge in [0.1, 0.15) is 5.82 Å². The summed E-state index contributed by atoms with van der Waals surface area (Å²) in [7, 11) is 0. The molecule has 1 amide bonds. The number of benzene rings is 1. The van der Waals surface area contributed by atoms with Gasteiger partial charge in [-0.25, -0.2) is 4.98 Å². The van der Waals surface area contributed by atoms with Gasteiger partial charge in [0.2, 0.25) is 5.91 Å². The summed E-state index contributed by atoms with van der Waals surface area (Å²) in [4.78, 5) is 31.6. The maximum Gasteiger partial charge on any atom is 0.257 e. The lowest BCUT2D eigenvalue weighted by atomic mass is 9.87. The number of carbonyl (C=O) groups excluding carboxylic acids is 1. The zero-order chi connectivity index (χ0) is 16.6. The number of fused-ring (bicyclic) bond motifs is 1. The molecule has 2 N–H and O–H groups in total. The smallest absolute Gasteiger partial charge is 0.257 e. The molecule has 1 aliphatic heterocycles. The van der Waals surface area contributed by atoms with Gasteiger partial charge < -0.3 is 10.3 Å². The fraction of sp³-hybridized carbons (Fsp3) is 0.267. The molecular formula is C15H13Cl2N3O2S. The standard InChI is InChI=1S/C15H13Cl2N3O2S/c1-2-23-15-19-13-12(14(22)20-15)8(6-11(21)18-13)7-3-4-9(16)10(17)5-7/h3-5,8H,2,6H2,1H3,(H2,18,19,20,21,22). The third-order valence-corrected chi connectivity index (χ3v) is 5.05. The minimum Gasteiger partial charge on any atom is -0.310 e. The van der Waals surface area contributed by atoms with Crippen LogP contribution >= 0.6 is 35.0 Å². The van der Waals surface area contributed by atoms with Gasteiger partial charge in [-0.1, -0.05) is 48.0 Å². The van der Waals surface area contributed by atoms with Crippen molar-refractivity contribution in [2.45, 2.75) is 24.4 Å². The van der Waals surface area contributed by atoms with E-state index in [4.69, 9.17) is 23.2 Å². The number of hydrogen-bond acceptors (Lipinski definition) is 4. The fourth-order valence-corrected chi connectivity index (χ4v) is 3.47. The summed E-state index contributed by atoms with van der Waals surface area (Å²) < 4.78 is 0. The summed E-state index contributed by atoms with van der Waals surface area (Å²) in [5.41, 5.74) is 0.962. The Balaban J connectivity index is 2.13. The van der Waals surface area contributed by atoms with Crippen molar-refractivity contribution in [3.8, 4) is 0 Å². The van der Waals surface area contributed by atoms with Crippen molar-refractivity contribution in [3.63, 3.8) is 0 Å². The highest BCUT2D eigenvalue weighted by Gasteiger charge is 2.31. The Labute approximate surface area is 146 Å². The number of nitrogens with one attached hydrogen (secondary N) is 2. The number of hydrogen-bond donors (Lipinski definition) is 2. The van der Waals surface area contributed by atoms with Crippen LogP contribution in [0.4, 0.5) is 5.82 Å². The van der Waals surface area contributed by atoms with Crippen molar-refractivity contribution in [2.75, 3.05) is 11.1 Å². The summed E-state index contributed by atoms with van der Waals surface area (Å²) in [6.45, 7) is 1.96. The van der Waals surface area contributed by atoms with E-state index in [2.05, 4.69) is 15.3 Å². The molecule has 2 heterocycles. The highest BCUT2D eigenvalue weighted by molar-refractivity contribution is 7.99. The predicted molar refractivity (Wildman–Crippen MR) is 92.8 cm³/mol. The molecule has 8 heteroatoms. The normalized spacial score (nSPS) is 16.8. The molecule has 2 aromatic rings.